The molecule has 1 saturated heterocycles. The zero-order valence-electron chi connectivity index (χ0n) is 10.2. The second kappa shape index (κ2) is 4.29. The van der Waals surface area contributed by atoms with E-state index < -0.39 is 0 Å². The number of hydrogen-bond donors (Lipinski definition) is 1. The van der Waals surface area contributed by atoms with Crippen LogP contribution in [0.15, 0.2) is 28.7 Å². The van der Waals surface area contributed by atoms with E-state index in [9.17, 15) is 0 Å². The monoisotopic (exact) mass is 294 g/mol. The van der Waals surface area contributed by atoms with Gasteiger partial charge in [0.1, 0.15) is 0 Å². The van der Waals surface area contributed by atoms with Crippen LogP contribution < -0.4 is 10.2 Å². The van der Waals surface area contributed by atoms with Crippen LogP contribution in [0, 0.1) is 5.92 Å². The first-order valence-corrected chi connectivity index (χ1v) is 7.22. The molecular formula is C14H19BrN2. The minimum Gasteiger partial charge on any atom is -0.368 e. The maximum absolute atomic E-state index is 3.72. The number of rotatable bonds is 2. The molecule has 1 aromatic carbocycles. The standard InChI is InChI=1S/C14H19BrN2/c1-14(11-2-3-11)10-17(9-8-16-14)13-6-4-12(15)5-7-13/h4-7,11,16H,2-3,8-10H2,1H3. The third-order valence-electron chi connectivity index (χ3n) is 4.10. The molecule has 0 spiro atoms. The quantitative estimate of drug-likeness (QED) is 0.902. The van der Waals surface area contributed by atoms with Gasteiger partial charge in [-0.15, -0.1) is 0 Å². The van der Waals surface area contributed by atoms with Gasteiger partial charge in [0.15, 0.2) is 0 Å². The Morgan fingerprint density at radius 3 is 2.65 bits per heavy atom. The summed E-state index contributed by atoms with van der Waals surface area (Å²) in [5.74, 6) is 0.890. The third-order valence-corrected chi connectivity index (χ3v) is 4.63. The van der Waals surface area contributed by atoms with E-state index in [1.54, 1.807) is 0 Å². The van der Waals surface area contributed by atoms with Gasteiger partial charge in [0.25, 0.3) is 0 Å². The van der Waals surface area contributed by atoms with Crippen LogP contribution >= 0.6 is 15.9 Å². The van der Waals surface area contributed by atoms with E-state index in [1.807, 2.05) is 0 Å². The Morgan fingerprint density at radius 1 is 1.29 bits per heavy atom. The van der Waals surface area contributed by atoms with E-state index in [0.29, 0.717) is 5.54 Å². The summed E-state index contributed by atoms with van der Waals surface area (Å²) in [5.41, 5.74) is 1.67. The fourth-order valence-corrected chi connectivity index (χ4v) is 3.14. The number of anilines is 1. The fourth-order valence-electron chi connectivity index (χ4n) is 2.87. The molecule has 1 unspecified atom stereocenters. The van der Waals surface area contributed by atoms with Crippen molar-refractivity contribution in [2.45, 2.75) is 25.3 Å². The van der Waals surface area contributed by atoms with Gasteiger partial charge in [-0.25, -0.2) is 0 Å². The molecule has 0 bridgehead atoms. The number of benzene rings is 1. The Hall–Kier alpha value is -0.540. The van der Waals surface area contributed by atoms with Crippen LogP contribution in [-0.2, 0) is 0 Å². The van der Waals surface area contributed by atoms with Crippen molar-refractivity contribution in [2.75, 3.05) is 24.5 Å². The summed E-state index contributed by atoms with van der Waals surface area (Å²) in [6.45, 7) is 5.74. The highest BCUT2D eigenvalue weighted by atomic mass is 79.9. The molecular weight excluding hydrogens is 276 g/mol. The molecule has 1 aromatic rings. The van der Waals surface area contributed by atoms with Crippen molar-refractivity contribution in [3.05, 3.63) is 28.7 Å². The van der Waals surface area contributed by atoms with Crippen molar-refractivity contribution < 1.29 is 0 Å². The van der Waals surface area contributed by atoms with Gasteiger partial charge in [0, 0.05) is 35.3 Å². The lowest BCUT2D eigenvalue weighted by Crippen LogP contribution is -2.60. The maximum atomic E-state index is 3.72. The van der Waals surface area contributed by atoms with E-state index in [4.69, 9.17) is 0 Å². The number of nitrogens with zero attached hydrogens (tertiary/aromatic N) is 1. The molecule has 17 heavy (non-hydrogen) atoms. The Labute approximate surface area is 112 Å². The van der Waals surface area contributed by atoms with Gasteiger partial charge in [-0.3, -0.25) is 0 Å². The highest BCUT2D eigenvalue weighted by molar-refractivity contribution is 9.10. The fraction of sp³-hybridized carbons (Fsp3) is 0.571. The molecule has 1 aliphatic carbocycles. The van der Waals surface area contributed by atoms with Crippen molar-refractivity contribution in [3.8, 4) is 0 Å². The molecule has 0 aromatic heterocycles. The smallest absolute Gasteiger partial charge is 0.0368 e. The summed E-state index contributed by atoms with van der Waals surface area (Å²) < 4.78 is 1.15. The Kier molecular flexibility index (Phi) is 2.91. The van der Waals surface area contributed by atoms with Crippen molar-refractivity contribution >= 4 is 21.6 Å². The Morgan fingerprint density at radius 2 is 2.00 bits per heavy atom. The van der Waals surface area contributed by atoms with Crippen LogP contribution in [0.5, 0.6) is 0 Å². The van der Waals surface area contributed by atoms with Crippen molar-refractivity contribution in [3.63, 3.8) is 0 Å². The number of hydrogen-bond acceptors (Lipinski definition) is 2. The first-order valence-electron chi connectivity index (χ1n) is 6.43. The topological polar surface area (TPSA) is 15.3 Å². The summed E-state index contributed by atoms with van der Waals surface area (Å²) in [5, 5.41) is 3.72. The molecule has 3 rings (SSSR count). The molecule has 0 radical (unpaired) electrons. The lowest BCUT2D eigenvalue weighted by Gasteiger charge is -2.43. The Bertz CT molecular complexity index is 399. The van der Waals surface area contributed by atoms with Crippen molar-refractivity contribution in [2.24, 2.45) is 5.92 Å². The van der Waals surface area contributed by atoms with E-state index in [2.05, 4.69) is 57.3 Å². The minimum absolute atomic E-state index is 0.325. The number of nitrogens with one attached hydrogen (secondary N) is 1. The van der Waals surface area contributed by atoms with Crippen LogP contribution in [0.3, 0.4) is 0 Å². The van der Waals surface area contributed by atoms with Gasteiger partial charge >= 0.3 is 0 Å². The molecule has 1 saturated carbocycles. The van der Waals surface area contributed by atoms with E-state index in [-0.39, 0.29) is 0 Å². The zero-order chi connectivity index (χ0) is 11.9. The molecule has 0 amide bonds. The largest absolute Gasteiger partial charge is 0.368 e. The highest BCUT2D eigenvalue weighted by Gasteiger charge is 2.43. The highest BCUT2D eigenvalue weighted by Crippen LogP contribution is 2.41. The zero-order valence-corrected chi connectivity index (χ0v) is 11.8. The molecule has 1 N–H and O–H groups in total. The summed E-state index contributed by atoms with van der Waals surface area (Å²) in [6, 6.07) is 8.68. The SMILES string of the molecule is CC1(C2CC2)CN(c2ccc(Br)cc2)CCN1. The van der Waals surface area contributed by atoms with Crippen LogP contribution in [0.2, 0.25) is 0 Å². The first-order chi connectivity index (χ1) is 8.17. The lowest BCUT2D eigenvalue weighted by atomic mass is 9.92. The van der Waals surface area contributed by atoms with Gasteiger partial charge < -0.3 is 10.2 Å². The Balaban J connectivity index is 1.77. The molecule has 3 heteroatoms. The van der Waals surface area contributed by atoms with Gasteiger partial charge in [-0.2, -0.15) is 0 Å². The van der Waals surface area contributed by atoms with E-state index in [1.165, 1.54) is 18.5 Å². The van der Waals surface area contributed by atoms with Gasteiger partial charge in [-0.05, 0) is 49.9 Å². The van der Waals surface area contributed by atoms with E-state index in [0.717, 1.165) is 30.0 Å². The molecule has 2 fully saturated rings. The summed E-state index contributed by atoms with van der Waals surface area (Å²) in [4.78, 5) is 2.52. The summed E-state index contributed by atoms with van der Waals surface area (Å²) in [6.07, 6.45) is 2.80. The normalized spacial score (nSPS) is 29.4. The molecule has 1 heterocycles. The molecule has 2 nitrogen and oxygen atoms in total. The predicted molar refractivity (Wildman–Crippen MR) is 75.5 cm³/mol. The van der Waals surface area contributed by atoms with Crippen molar-refractivity contribution in [1.82, 2.24) is 5.32 Å². The predicted octanol–water partition coefficient (Wildman–Crippen LogP) is 3.03. The van der Waals surface area contributed by atoms with Crippen LogP contribution in [0.25, 0.3) is 0 Å². The first kappa shape index (κ1) is 11.5. The maximum Gasteiger partial charge on any atom is 0.0368 e. The second-order valence-electron chi connectivity index (χ2n) is 5.52. The molecule has 1 atom stereocenters. The summed E-state index contributed by atoms with van der Waals surface area (Å²) in [7, 11) is 0. The van der Waals surface area contributed by atoms with Crippen molar-refractivity contribution in [1.29, 1.82) is 0 Å². The van der Waals surface area contributed by atoms with Gasteiger partial charge in [0.05, 0.1) is 0 Å². The van der Waals surface area contributed by atoms with Crippen LogP contribution in [0.4, 0.5) is 5.69 Å². The van der Waals surface area contributed by atoms with Gasteiger partial charge in [-0.1, -0.05) is 15.9 Å². The number of piperazine rings is 1. The molecule has 2 aliphatic rings. The third kappa shape index (κ3) is 2.36. The minimum atomic E-state index is 0.325. The van der Waals surface area contributed by atoms with Crippen LogP contribution in [0.1, 0.15) is 19.8 Å². The average molecular weight is 295 g/mol. The van der Waals surface area contributed by atoms with E-state index >= 15 is 0 Å². The molecule has 92 valence electrons. The van der Waals surface area contributed by atoms with Gasteiger partial charge in [0.2, 0.25) is 0 Å². The second-order valence-corrected chi connectivity index (χ2v) is 6.43. The number of halogens is 1. The average Bonchev–Trinajstić information content (AvgIpc) is 3.14. The summed E-state index contributed by atoms with van der Waals surface area (Å²) >= 11 is 3.49. The molecule has 1 aliphatic heterocycles. The lowest BCUT2D eigenvalue weighted by molar-refractivity contribution is 0.285. The van der Waals surface area contributed by atoms with Crippen LogP contribution in [-0.4, -0.2) is 25.2 Å².